The first-order valence-corrected chi connectivity index (χ1v) is 5.86. The predicted octanol–water partition coefficient (Wildman–Crippen LogP) is 1.58. The molecule has 1 aliphatic carbocycles. The van der Waals surface area contributed by atoms with Gasteiger partial charge in [-0.3, -0.25) is 0 Å². The number of methoxy groups -OCH3 is 2. The average Bonchev–Trinajstić information content (AvgIpc) is 3.22. The molecule has 1 atom stereocenters. The maximum Gasteiger partial charge on any atom is 0.339 e. The molecule has 1 unspecified atom stereocenters. The number of ether oxygens (including phenoxy) is 3. The molecule has 1 saturated carbocycles. The lowest BCUT2D eigenvalue weighted by Gasteiger charge is -2.17. The molecular weight excluding hydrogens is 255 g/mol. The maximum absolute atomic E-state index is 13.5. The van der Waals surface area contributed by atoms with Crippen molar-refractivity contribution in [1.82, 2.24) is 0 Å². The van der Waals surface area contributed by atoms with Crippen molar-refractivity contribution in [3.05, 3.63) is 23.5 Å². The van der Waals surface area contributed by atoms with Crippen LogP contribution < -0.4 is 9.47 Å². The fraction of sp³-hybridized carbons (Fsp3) is 0.462. The molecule has 0 aliphatic heterocycles. The van der Waals surface area contributed by atoms with Gasteiger partial charge in [0.2, 0.25) is 0 Å². The Bertz CT molecular complexity index is 484. The van der Waals surface area contributed by atoms with Crippen molar-refractivity contribution in [3.63, 3.8) is 0 Å². The SMILES string of the molecule is COC(=O)C(O)c1cc(F)cc(OC)c1OC1CC1. The molecule has 1 N–H and O–H groups in total. The first kappa shape index (κ1) is 13.6. The molecule has 0 spiro atoms. The maximum atomic E-state index is 13.5. The molecule has 1 aromatic rings. The summed E-state index contributed by atoms with van der Waals surface area (Å²) in [5, 5.41) is 9.87. The fourth-order valence-corrected chi connectivity index (χ4v) is 1.66. The number of aliphatic hydroxyl groups is 1. The second kappa shape index (κ2) is 5.44. The zero-order valence-corrected chi connectivity index (χ0v) is 10.7. The molecule has 2 rings (SSSR count). The van der Waals surface area contributed by atoms with E-state index >= 15 is 0 Å². The minimum absolute atomic E-state index is 0.00981. The Kier molecular flexibility index (Phi) is 3.90. The van der Waals surface area contributed by atoms with Gasteiger partial charge in [-0.05, 0) is 18.9 Å². The van der Waals surface area contributed by atoms with Crippen LogP contribution in [0.1, 0.15) is 24.5 Å². The number of carbonyl (C=O) groups is 1. The monoisotopic (exact) mass is 270 g/mol. The molecule has 0 aromatic heterocycles. The summed E-state index contributed by atoms with van der Waals surface area (Å²) in [7, 11) is 2.51. The third-order valence-corrected chi connectivity index (χ3v) is 2.80. The first-order valence-electron chi connectivity index (χ1n) is 5.86. The second-order valence-corrected chi connectivity index (χ2v) is 4.27. The summed E-state index contributed by atoms with van der Waals surface area (Å²) in [6, 6.07) is 2.19. The van der Waals surface area contributed by atoms with Crippen LogP contribution in [0.2, 0.25) is 0 Å². The van der Waals surface area contributed by atoms with Crippen molar-refractivity contribution in [2.24, 2.45) is 0 Å². The van der Waals surface area contributed by atoms with Crippen LogP contribution >= 0.6 is 0 Å². The molecule has 0 bridgehead atoms. The van der Waals surface area contributed by atoms with Crippen molar-refractivity contribution < 1.29 is 28.5 Å². The summed E-state index contributed by atoms with van der Waals surface area (Å²) < 4.78 is 28.5. The average molecular weight is 270 g/mol. The van der Waals surface area contributed by atoms with E-state index in [-0.39, 0.29) is 23.2 Å². The third-order valence-electron chi connectivity index (χ3n) is 2.80. The molecule has 1 aromatic carbocycles. The first-order chi connectivity index (χ1) is 9.06. The van der Waals surface area contributed by atoms with Crippen LogP contribution in [-0.2, 0) is 9.53 Å². The number of aliphatic hydroxyl groups excluding tert-OH is 1. The Morgan fingerprint density at radius 2 is 2.11 bits per heavy atom. The lowest BCUT2D eigenvalue weighted by atomic mass is 10.1. The van der Waals surface area contributed by atoms with Gasteiger partial charge in [-0.25, -0.2) is 9.18 Å². The Balaban J connectivity index is 2.42. The highest BCUT2D eigenvalue weighted by Crippen LogP contribution is 2.40. The normalized spacial score (nSPS) is 15.8. The van der Waals surface area contributed by atoms with Gasteiger partial charge in [0.1, 0.15) is 5.82 Å². The van der Waals surface area contributed by atoms with Gasteiger partial charge in [-0.2, -0.15) is 0 Å². The van der Waals surface area contributed by atoms with Gasteiger partial charge >= 0.3 is 5.97 Å². The third kappa shape index (κ3) is 2.96. The molecule has 1 aliphatic rings. The van der Waals surface area contributed by atoms with E-state index in [4.69, 9.17) is 9.47 Å². The minimum atomic E-state index is -1.61. The van der Waals surface area contributed by atoms with E-state index < -0.39 is 17.9 Å². The minimum Gasteiger partial charge on any atom is -0.493 e. The summed E-state index contributed by atoms with van der Waals surface area (Å²) in [6.07, 6.45) is 0.175. The van der Waals surface area contributed by atoms with Crippen LogP contribution in [0.4, 0.5) is 4.39 Å². The molecule has 6 heteroatoms. The lowest BCUT2D eigenvalue weighted by molar-refractivity contribution is -0.150. The van der Waals surface area contributed by atoms with Crippen molar-refractivity contribution in [2.45, 2.75) is 25.0 Å². The smallest absolute Gasteiger partial charge is 0.339 e. The number of carbonyl (C=O) groups excluding carboxylic acids is 1. The van der Waals surface area contributed by atoms with Crippen molar-refractivity contribution in [3.8, 4) is 11.5 Å². The Morgan fingerprint density at radius 3 is 2.63 bits per heavy atom. The van der Waals surface area contributed by atoms with Gasteiger partial charge in [0, 0.05) is 11.6 Å². The molecule has 0 heterocycles. The van der Waals surface area contributed by atoms with E-state index in [1.165, 1.54) is 7.11 Å². The molecule has 19 heavy (non-hydrogen) atoms. The number of esters is 1. The highest BCUT2D eigenvalue weighted by Gasteiger charge is 2.31. The molecule has 104 valence electrons. The van der Waals surface area contributed by atoms with Gasteiger partial charge < -0.3 is 19.3 Å². The van der Waals surface area contributed by atoms with E-state index in [0.717, 1.165) is 32.1 Å². The van der Waals surface area contributed by atoms with Crippen LogP contribution in [0, 0.1) is 5.82 Å². The van der Waals surface area contributed by atoms with Crippen LogP contribution in [-0.4, -0.2) is 31.4 Å². The highest BCUT2D eigenvalue weighted by molar-refractivity contribution is 5.77. The zero-order chi connectivity index (χ0) is 14.0. The molecule has 0 radical (unpaired) electrons. The van der Waals surface area contributed by atoms with Gasteiger partial charge in [-0.1, -0.05) is 0 Å². The van der Waals surface area contributed by atoms with Crippen molar-refractivity contribution >= 4 is 5.97 Å². The van der Waals surface area contributed by atoms with Crippen molar-refractivity contribution in [1.29, 1.82) is 0 Å². The predicted molar refractivity (Wildman–Crippen MR) is 63.6 cm³/mol. The van der Waals surface area contributed by atoms with Crippen LogP contribution in [0.25, 0.3) is 0 Å². The van der Waals surface area contributed by atoms with Crippen LogP contribution in [0.15, 0.2) is 12.1 Å². The number of hydrogen-bond donors (Lipinski definition) is 1. The Labute approximate surface area is 109 Å². The largest absolute Gasteiger partial charge is 0.493 e. The van der Waals surface area contributed by atoms with E-state index in [0.29, 0.717) is 0 Å². The Morgan fingerprint density at radius 1 is 1.42 bits per heavy atom. The molecule has 5 nitrogen and oxygen atoms in total. The second-order valence-electron chi connectivity index (χ2n) is 4.27. The molecule has 0 saturated heterocycles. The lowest BCUT2D eigenvalue weighted by Crippen LogP contribution is -2.16. The quantitative estimate of drug-likeness (QED) is 0.823. The van der Waals surface area contributed by atoms with Gasteiger partial charge in [0.15, 0.2) is 17.6 Å². The van der Waals surface area contributed by atoms with E-state index in [9.17, 15) is 14.3 Å². The van der Waals surface area contributed by atoms with E-state index in [2.05, 4.69) is 4.74 Å². The molecule has 1 fully saturated rings. The van der Waals surface area contributed by atoms with Gasteiger partial charge in [-0.15, -0.1) is 0 Å². The number of benzene rings is 1. The summed E-state index contributed by atoms with van der Waals surface area (Å²) in [6.45, 7) is 0. The van der Waals surface area contributed by atoms with Gasteiger partial charge in [0.25, 0.3) is 0 Å². The molecular formula is C13H15FO5. The number of rotatable bonds is 5. The Hall–Kier alpha value is -1.82. The summed E-state index contributed by atoms with van der Waals surface area (Å²) in [5.41, 5.74) is 0.00981. The molecule has 0 amide bonds. The topological polar surface area (TPSA) is 65.0 Å². The number of hydrogen-bond acceptors (Lipinski definition) is 5. The standard InChI is InChI=1S/C13H15FO5/c1-17-10-6-7(14)5-9(11(15)13(16)18-2)12(10)19-8-3-4-8/h5-6,8,11,15H,3-4H2,1-2H3. The van der Waals surface area contributed by atoms with Gasteiger partial charge in [0.05, 0.1) is 20.3 Å². The van der Waals surface area contributed by atoms with Crippen LogP contribution in [0.3, 0.4) is 0 Å². The summed E-state index contributed by atoms with van der Waals surface area (Å²) >= 11 is 0. The highest BCUT2D eigenvalue weighted by atomic mass is 19.1. The number of halogens is 1. The summed E-state index contributed by atoms with van der Waals surface area (Å²) in [5.74, 6) is -1.18. The van der Waals surface area contributed by atoms with Crippen molar-refractivity contribution in [2.75, 3.05) is 14.2 Å². The van der Waals surface area contributed by atoms with E-state index in [1.807, 2.05) is 0 Å². The van der Waals surface area contributed by atoms with Crippen LogP contribution in [0.5, 0.6) is 11.5 Å². The van der Waals surface area contributed by atoms with E-state index in [1.54, 1.807) is 0 Å². The summed E-state index contributed by atoms with van der Waals surface area (Å²) in [4.78, 5) is 11.4. The fourth-order valence-electron chi connectivity index (χ4n) is 1.66. The zero-order valence-electron chi connectivity index (χ0n) is 10.7.